The summed E-state index contributed by atoms with van der Waals surface area (Å²) in [4.78, 5) is 26.0. The van der Waals surface area contributed by atoms with Crippen molar-refractivity contribution >= 4 is 11.7 Å². The average Bonchev–Trinajstić information content (AvgIpc) is 2.81. The van der Waals surface area contributed by atoms with Crippen LogP contribution in [0, 0.1) is 0 Å². The third-order valence-corrected chi connectivity index (χ3v) is 3.46. The van der Waals surface area contributed by atoms with E-state index < -0.39 is 41.8 Å². The zero-order chi connectivity index (χ0) is 14.0. The van der Waals surface area contributed by atoms with Crippen molar-refractivity contribution in [2.75, 3.05) is 6.61 Å². The molecule has 0 radical (unpaired) electrons. The summed E-state index contributed by atoms with van der Waals surface area (Å²) in [5, 5.41) is 32.8. The van der Waals surface area contributed by atoms with Crippen LogP contribution in [-0.4, -0.2) is 65.7 Å². The number of carbonyl (C=O) groups is 2. The van der Waals surface area contributed by atoms with Gasteiger partial charge >= 0.3 is 0 Å². The van der Waals surface area contributed by atoms with Gasteiger partial charge < -0.3 is 25.8 Å². The highest BCUT2D eigenvalue weighted by Gasteiger charge is 2.89. The molecule has 2 aliphatic rings. The summed E-state index contributed by atoms with van der Waals surface area (Å²) in [6.45, 7) is -0.654. The Morgan fingerprint density at radius 3 is 2.68 bits per heavy atom. The number of ketones is 1. The summed E-state index contributed by atoms with van der Waals surface area (Å²) in [7, 11) is 0. The summed E-state index contributed by atoms with van der Waals surface area (Å²) in [6, 6.07) is 0. The highest BCUT2D eigenvalue weighted by molar-refractivity contribution is 6.16. The Morgan fingerprint density at radius 1 is 1.53 bits per heavy atom. The largest absolute Gasteiger partial charge is 0.394 e. The molecule has 10 nitrogen and oxygen atoms in total. The predicted molar refractivity (Wildman–Crippen MR) is 54.4 cm³/mol. The van der Waals surface area contributed by atoms with E-state index in [4.69, 9.17) is 15.6 Å². The fourth-order valence-corrected chi connectivity index (χ4v) is 2.36. The van der Waals surface area contributed by atoms with Gasteiger partial charge in [-0.25, -0.2) is 9.67 Å². The quantitative estimate of drug-likeness (QED) is 0.436. The van der Waals surface area contributed by atoms with Gasteiger partial charge in [-0.15, -0.1) is 5.10 Å². The standard InChI is InChI=1S/C9H10N4O6/c10-4(15)5-11-2-13(12-5)7-9(18)6(16)8(9,17)3(1-14)19-7/h2-3,7,14,17-18H,1H2,(H2,10,15)/t3-,7+,8+,9+/m1/s1. The van der Waals surface area contributed by atoms with Crippen LogP contribution in [0.5, 0.6) is 0 Å². The number of aliphatic hydroxyl groups excluding tert-OH is 1. The van der Waals surface area contributed by atoms with Gasteiger partial charge in [0.2, 0.25) is 17.2 Å². The van der Waals surface area contributed by atoms with E-state index in [0.29, 0.717) is 0 Å². The van der Waals surface area contributed by atoms with Crippen molar-refractivity contribution in [3.05, 3.63) is 12.2 Å². The van der Waals surface area contributed by atoms with Crippen molar-refractivity contribution < 1.29 is 29.6 Å². The molecular weight excluding hydrogens is 260 g/mol. The van der Waals surface area contributed by atoms with E-state index in [1.165, 1.54) is 0 Å². The van der Waals surface area contributed by atoms with Gasteiger partial charge in [0, 0.05) is 0 Å². The molecule has 19 heavy (non-hydrogen) atoms. The van der Waals surface area contributed by atoms with Crippen LogP contribution in [-0.2, 0) is 9.53 Å². The maximum absolute atomic E-state index is 11.6. The predicted octanol–water partition coefficient (Wildman–Crippen LogP) is -3.69. The Kier molecular flexibility index (Phi) is 2.15. The molecule has 5 N–H and O–H groups in total. The number of aromatic nitrogens is 3. The molecule has 1 aromatic heterocycles. The van der Waals surface area contributed by atoms with Crippen LogP contribution in [0.1, 0.15) is 16.8 Å². The second kappa shape index (κ2) is 3.36. The maximum Gasteiger partial charge on any atom is 0.288 e. The van der Waals surface area contributed by atoms with E-state index in [1.54, 1.807) is 0 Å². The number of nitrogens with zero attached hydrogens (tertiary/aromatic N) is 3. The number of nitrogens with two attached hydrogens (primary N) is 1. The molecule has 1 amide bonds. The SMILES string of the molecule is NC(=O)c1ncn([C@H]2O[C@H](CO)[C@]3(O)C(=O)[C@]23O)n1. The number of amides is 1. The molecule has 1 aliphatic carbocycles. The highest BCUT2D eigenvalue weighted by Crippen LogP contribution is 2.59. The number of Topliss-reactive ketones (excluding diaryl/α,β-unsaturated/α-hetero) is 1. The second-order valence-electron chi connectivity index (χ2n) is 4.43. The van der Waals surface area contributed by atoms with Crippen LogP contribution in [0.2, 0.25) is 0 Å². The number of fused-ring (bicyclic) bond motifs is 1. The van der Waals surface area contributed by atoms with Gasteiger partial charge in [-0.3, -0.25) is 9.59 Å². The average molecular weight is 270 g/mol. The number of hydrogen-bond donors (Lipinski definition) is 4. The van der Waals surface area contributed by atoms with E-state index in [2.05, 4.69) is 10.1 Å². The normalized spacial score (nSPS) is 40.3. The first-order valence-corrected chi connectivity index (χ1v) is 5.34. The second-order valence-corrected chi connectivity index (χ2v) is 4.43. The summed E-state index contributed by atoms with van der Waals surface area (Å²) >= 11 is 0. The van der Waals surface area contributed by atoms with E-state index >= 15 is 0 Å². The molecule has 4 atom stereocenters. The van der Waals surface area contributed by atoms with Gasteiger partial charge in [0.1, 0.15) is 12.4 Å². The molecule has 0 unspecified atom stereocenters. The molecule has 102 valence electrons. The molecule has 1 saturated carbocycles. The minimum Gasteiger partial charge on any atom is -0.394 e. The van der Waals surface area contributed by atoms with Gasteiger partial charge in [0.25, 0.3) is 5.91 Å². The third-order valence-electron chi connectivity index (χ3n) is 3.46. The van der Waals surface area contributed by atoms with Gasteiger partial charge in [-0.1, -0.05) is 0 Å². The van der Waals surface area contributed by atoms with Crippen molar-refractivity contribution in [3.63, 3.8) is 0 Å². The Balaban J connectivity index is 1.98. The lowest BCUT2D eigenvalue weighted by Gasteiger charge is -2.17. The molecule has 2 heterocycles. The van der Waals surface area contributed by atoms with Crippen molar-refractivity contribution in [1.82, 2.24) is 14.8 Å². The Labute approximate surface area is 105 Å². The van der Waals surface area contributed by atoms with E-state index in [0.717, 1.165) is 11.0 Å². The number of primary amides is 1. The number of rotatable bonds is 3. The van der Waals surface area contributed by atoms with Crippen molar-refractivity contribution in [1.29, 1.82) is 0 Å². The number of hydrogen-bond acceptors (Lipinski definition) is 8. The van der Waals surface area contributed by atoms with E-state index in [9.17, 15) is 19.8 Å². The van der Waals surface area contributed by atoms with Crippen LogP contribution in [0.15, 0.2) is 6.33 Å². The van der Waals surface area contributed by atoms with Crippen molar-refractivity contribution in [2.45, 2.75) is 23.5 Å². The van der Waals surface area contributed by atoms with E-state index in [-0.39, 0.29) is 5.82 Å². The van der Waals surface area contributed by atoms with Gasteiger partial charge in [0.05, 0.1) is 6.61 Å². The Morgan fingerprint density at radius 2 is 2.21 bits per heavy atom. The summed E-state index contributed by atoms with van der Waals surface area (Å²) in [5.74, 6) is -2.08. The topological polar surface area (TPSA) is 161 Å². The number of carbonyl (C=O) groups excluding carboxylic acids is 2. The molecule has 1 aliphatic heterocycles. The molecule has 1 aromatic rings. The molecule has 2 fully saturated rings. The molecule has 0 aromatic carbocycles. The first-order chi connectivity index (χ1) is 8.87. The fourth-order valence-electron chi connectivity index (χ4n) is 2.36. The molecule has 0 bridgehead atoms. The smallest absolute Gasteiger partial charge is 0.288 e. The van der Waals surface area contributed by atoms with Crippen molar-refractivity contribution in [2.24, 2.45) is 5.73 Å². The lowest BCUT2D eigenvalue weighted by molar-refractivity contribution is -0.142. The van der Waals surface area contributed by atoms with Crippen LogP contribution in [0.4, 0.5) is 0 Å². The van der Waals surface area contributed by atoms with E-state index in [1.807, 2.05) is 0 Å². The number of ether oxygens (including phenoxy) is 1. The first-order valence-electron chi connectivity index (χ1n) is 5.34. The molecular formula is C9H10N4O6. The molecule has 0 spiro atoms. The summed E-state index contributed by atoms with van der Waals surface area (Å²) in [5.41, 5.74) is 0.607. The number of aliphatic hydroxyl groups is 3. The minimum absolute atomic E-state index is 0.323. The zero-order valence-electron chi connectivity index (χ0n) is 9.42. The fraction of sp³-hybridized carbons (Fsp3) is 0.556. The van der Waals surface area contributed by atoms with Crippen LogP contribution < -0.4 is 5.73 Å². The molecule has 3 rings (SSSR count). The zero-order valence-corrected chi connectivity index (χ0v) is 9.42. The molecule has 10 heteroatoms. The lowest BCUT2D eigenvalue weighted by atomic mass is 10.1. The van der Waals surface area contributed by atoms with Gasteiger partial charge in [-0.2, -0.15) is 0 Å². The minimum atomic E-state index is -2.21. The summed E-state index contributed by atoms with van der Waals surface area (Å²) < 4.78 is 6.07. The van der Waals surface area contributed by atoms with Crippen LogP contribution >= 0.6 is 0 Å². The van der Waals surface area contributed by atoms with Gasteiger partial charge in [-0.05, 0) is 0 Å². The Bertz CT molecular complexity index is 587. The Hall–Kier alpha value is -1.88. The van der Waals surface area contributed by atoms with Crippen LogP contribution in [0.25, 0.3) is 0 Å². The van der Waals surface area contributed by atoms with Gasteiger partial charge in [0.15, 0.2) is 11.8 Å². The van der Waals surface area contributed by atoms with Crippen molar-refractivity contribution in [3.8, 4) is 0 Å². The van der Waals surface area contributed by atoms with Crippen LogP contribution in [0.3, 0.4) is 0 Å². The highest BCUT2D eigenvalue weighted by atomic mass is 16.6. The summed E-state index contributed by atoms with van der Waals surface area (Å²) in [6.07, 6.45) is -1.60. The monoisotopic (exact) mass is 270 g/mol. The lowest BCUT2D eigenvalue weighted by Crippen LogP contribution is -2.34. The maximum atomic E-state index is 11.6. The molecule has 1 saturated heterocycles. The first kappa shape index (κ1) is 12.2. The third kappa shape index (κ3) is 1.18.